The van der Waals surface area contributed by atoms with E-state index in [2.05, 4.69) is 15.7 Å². The number of carbonyl (C=O) groups excluding carboxylic acids is 2. The maximum absolute atomic E-state index is 13.5. The van der Waals surface area contributed by atoms with Crippen molar-refractivity contribution in [2.24, 2.45) is 0 Å². The maximum atomic E-state index is 13.5. The standard InChI is InChI=1S/C19H16F2N4O2/c20-13-4-3-5-14(12-13)25-11-8-17(24-25)19(27)23-10-9-22-18(26)15-6-1-2-7-16(15)21/h1-8,11-12H,9-10H2,(H,22,26)(H,23,27). The number of hydrogen-bond donors (Lipinski definition) is 2. The van der Waals surface area contributed by atoms with Crippen LogP contribution >= 0.6 is 0 Å². The number of halogens is 2. The molecule has 0 aliphatic carbocycles. The first-order valence-electron chi connectivity index (χ1n) is 8.17. The summed E-state index contributed by atoms with van der Waals surface area (Å²) in [5, 5.41) is 9.22. The SMILES string of the molecule is O=C(NCCNC(=O)c1ccccc1F)c1ccn(-c2cccc(F)c2)n1. The van der Waals surface area contributed by atoms with Gasteiger partial charge in [-0.3, -0.25) is 9.59 Å². The molecular weight excluding hydrogens is 354 g/mol. The summed E-state index contributed by atoms with van der Waals surface area (Å²) in [6.07, 6.45) is 1.55. The summed E-state index contributed by atoms with van der Waals surface area (Å²) < 4.78 is 28.1. The second-order valence-electron chi connectivity index (χ2n) is 5.62. The number of benzene rings is 2. The van der Waals surface area contributed by atoms with E-state index in [1.165, 1.54) is 41.1 Å². The van der Waals surface area contributed by atoms with Crippen LogP contribution in [0.1, 0.15) is 20.8 Å². The van der Waals surface area contributed by atoms with E-state index in [0.717, 1.165) is 0 Å². The second-order valence-corrected chi connectivity index (χ2v) is 5.62. The van der Waals surface area contributed by atoms with Gasteiger partial charge < -0.3 is 10.6 Å². The van der Waals surface area contributed by atoms with Crippen molar-refractivity contribution in [3.05, 3.63) is 83.7 Å². The van der Waals surface area contributed by atoms with Crippen molar-refractivity contribution in [2.45, 2.75) is 0 Å². The minimum absolute atomic E-state index is 0.0577. The van der Waals surface area contributed by atoms with Gasteiger partial charge in [0.05, 0.1) is 11.3 Å². The summed E-state index contributed by atoms with van der Waals surface area (Å²) in [7, 11) is 0. The van der Waals surface area contributed by atoms with E-state index in [-0.39, 0.29) is 24.3 Å². The van der Waals surface area contributed by atoms with Crippen molar-refractivity contribution in [2.75, 3.05) is 13.1 Å². The molecule has 3 rings (SSSR count). The zero-order valence-corrected chi connectivity index (χ0v) is 14.2. The second kappa shape index (κ2) is 8.22. The Hall–Kier alpha value is -3.55. The molecule has 1 heterocycles. The molecule has 2 amide bonds. The fraction of sp³-hybridized carbons (Fsp3) is 0.105. The molecule has 0 radical (unpaired) electrons. The smallest absolute Gasteiger partial charge is 0.271 e. The molecule has 138 valence electrons. The molecule has 2 aromatic carbocycles. The van der Waals surface area contributed by atoms with Crippen LogP contribution in [-0.2, 0) is 0 Å². The largest absolute Gasteiger partial charge is 0.350 e. The molecule has 0 unspecified atom stereocenters. The third kappa shape index (κ3) is 4.55. The summed E-state index contributed by atoms with van der Waals surface area (Å²) in [4.78, 5) is 23.9. The van der Waals surface area contributed by atoms with E-state index in [4.69, 9.17) is 0 Å². The first kappa shape index (κ1) is 18.2. The normalized spacial score (nSPS) is 10.4. The van der Waals surface area contributed by atoms with Crippen LogP contribution in [0.25, 0.3) is 5.69 Å². The van der Waals surface area contributed by atoms with Gasteiger partial charge in [0.25, 0.3) is 11.8 Å². The molecule has 3 aromatic rings. The third-order valence-electron chi connectivity index (χ3n) is 3.71. The highest BCUT2D eigenvalue weighted by Gasteiger charge is 2.12. The summed E-state index contributed by atoms with van der Waals surface area (Å²) in [5.41, 5.74) is 0.587. The Balaban J connectivity index is 1.50. The summed E-state index contributed by atoms with van der Waals surface area (Å²) in [6.45, 7) is 0.273. The van der Waals surface area contributed by atoms with Crippen LogP contribution in [-0.4, -0.2) is 34.7 Å². The van der Waals surface area contributed by atoms with Crippen molar-refractivity contribution < 1.29 is 18.4 Å². The minimum atomic E-state index is -0.609. The van der Waals surface area contributed by atoms with Crippen LogP contribution in [0, 0.1) is 11.6 Å². The zero-order chi connectivity index (χ0) is 19.2. The number of hydrogen-bond acceptors (Lipinski definition) is 3. The minimum Gasteiger partial charge on any atom is -0.350 e. The molecule has 27 heavy (non-hydrogen) atoms. The van der Waals surface area contributed by atoms with E-state index in [9.17, 15) is 18.4 Å². The van der Waals surface area contributed by atoms with Crippen LogP contribution in [0.5, 0.6) is 0 Å². The Morgan fingerprint density at radius 2 is 1.67 bits per heavy atom. The highest BCUT2D eigenvalue weighted by Crippen LogP contribution is 2.09. The highest BCUT2D eigenvalue weighted by atomic mass is 19.1. The maximum Gasteiger partial charge on any atom is 0.271 e. The van der Waals surface area contributed by atoms with Gasteiger partial charge in [-0.25, -0.2) is 13.5 Å². The molecule has 8 heteroatoms. The van der Waals surface area contributed by atoms with Crippen molar-refractivity contribution >= 4 is 11.8 Å². The number of aromatic nitrogens is 2. The van der Waals surface area contributed by atoms with Crippen molar-refractivity contribution in [1.82, 2.24) is 20.4 Å². The summed E-state index contributed by atoms with van der Waals surface area (Å²) in [6, 6.07) is 13.0. The van der Waals surface area contributed by atoms with E-state index < -0.39 is 23.4 Å². The molecule has 1 aromatic heterocycles. The lowest BCUT2D eigenvalue weighted by atomic mass is 10.2. The molecule has 0 spiro atoms. The molecule has 2 N–H and O–H groups in total. The van der Waals surface area contributed by atoms with Gasteiger partial charge in [-0.05, 0) is 36.4 Å². The predicted molar refractivity (Wildman–Crippen MR) is 94.6 cm³/mol. The molecule has 0 saturated heterocycles. The van der Waals surface area contributed by atoms with Gasteiger partial charge >= 0.3 is 0 Å². The predicted octanol–water partition coefficient (Wildman–Crippen LogP) is 2.31. The first-order chi connectivity index (χ1) is 13.0. The fourth-order valence-corrected chi connectivity index (χ4v) is 2.39. The number of nitrogens with one attached hydrogen (secondary N) is 2. The lowest BCUT2D eigenvalue weighted by Gasteiger charge is -2.07. The van der Waals surface area contributed by atoms with Crippen molar-refractivity contribution in [3.63, 3.8) is 0 Å². The topological polar surface area (TPSA) is 76.0 Å². The molecule has 0 fully saturated rings. The Labute approximate surface area is 153 Å². The monoisotopic (exact) mass is 370 g/mol. The average molecular weight is 370 g/mol. The number of carbonyl (C=O) groups is 2. The highest BCUT2D eigenvalue weighted by molar-refractivity contribution is 5.94. The summed E-state index contributed by atoms with van der Waals surface area (Å²) in [5.74, 6) is -2.01. The molecule has 0 atom stereocenters. The van der Waals surface area contributed by atoms with Crippen LogP contribution in [0.2, 0.25) is 0 Å². The number of rotatable bonds is 6. The van der Waals surface area contributed by atoms with E-state index in [1.54, 1.807) is 24.4 Å². The van der Waals surface area contributed by atoms with Crippen LogP contribution in [0.15, 0.2) is 60.8 Å². The van der Waals surface area contributed by atoms with Crippen LogP contribution < -0.4 is 10.6 Å². The van der Waals surface area contributed by atoms with Gasteiger partial charge in [0.1, 0.15) is 11.6 Å². The van der Waals surface area contributed by atoms with Crippen molar-refractivity contribution in [1.29, 1.82) is 0 Å². The molecule has 6 nitrogen and oxygen atoms in total. The van der Waals surface area contributed by atoms with Gasteiger partial charge in [-0.15, -0.1) is 0 Å². The fourth-order valence-electron chi connectivity index (χ4n) is 2.39. The number of amides is 2. The van der Waals surface area contributed by atoms with Gasteiger partial charge in [0, 0.05) is 19.3 Å². The Morgan fingerprint density at radius 1 is 0.926 bits per heavy atom. The lowest BCUT2D eigenvalue weighted by Crippen LogP contribution is -2.35. The molecule has 0 saturated carbocycles. The first-order valence-corrected chi connectivity index (χ1v) is 8.17. The van der Waals surface area contributed by atoms with Gasteiger partial charge in [-0.2, -0.15) is 5.10 Å². The van der Waals surface area contributed by atoms with Gasteiger partial charge in [0.2, 0.25) is 0 Å². The Morgan fingerprint density at radius 3 is 2.41 bits per heavy atom. The van der Waals surface area contributed by atoms with Gasteiger partial charge in [-0.1, -0.05) is 18.2 Å². The van der Waals surface area contributed by atoms with Gasteiger partial charge in [0.15, 0.2) is 5.69 Å². The van der Waals surface area contributed by atoms with Crippen LogP contribution in [0.4, 0.5) is 8.78 Å². The van der Waals surface area contributed by atoms with Crippen LogP contribution in [0.3, 0.4) is 0 Å². The molecule has 0 aliphatic rings. The summed E-state index contributed by atoms with van der Waals surface area (Å²) >= 11 is 0. The Bertz CT molecular complexity index is 972. The Kier molecular flexibility index (Phi) is 5.55. The molecule has 0 bridgehead atoms. The van der Waals surface area contributed by atoms with E-state index in [0.29, 0.717) is 5.69 Å². The third-order valence-corrected chi connectivity index (χ3v) is 3.71. The molecule has 0 aliphatic heterocycles. The van der Waals surface area contributed by atoms with E-state index >= 15 is 0 Å². The van der Waals surface area contributed by atoms with Crippen molar-refractivity contribution in [3.8, 4) is 5.69 Å². The molecular formula is C19H16F2N4O2. The zero-order valence-electron chi connectivity index (χ0n) is 14.2. The lowest BCUT2D eigenvalue weighted by molar-refractivity contribution is 0.0923. The number of nitrogens with zero attached hydrogens (tertiary/aromatic N) is 2. The van der Waals surface area contributed by atoms with E-state index in [1.807, 2.05) is 0 Å². The quantitative estimate of drug-likeness (QED) is 0.654. The average Bonchev–Trinajstić information content (AvgIpc) is 3.15.